The Morgan fingerprint density at radius 3 is 2.63 bits per heavy atom. The van der Waals surface area contributed by atoms with Gasteiger partial charge in [0.1, 0.15) is 11.5 Å². The first-order valence-corrected chi connectivity index (χ1v) is 6.90. The van der Waals surface area contributed by atoms with Crippen LogP contribution in [0, 0.1) is 5.92 Å². The molecule has 3 heteroatoms. The molecular weight excluding hydrogens is 240 g/mol. The Labute approximate surface area is 114 Å². The number of ketones is 2. The number of Topliss-reactive ketones (excluding diaryl/α,β-unsaturated/α-hetero) is 2. The lowest BCUT2D eigenvalue weighted by Gasteiger charge is -2.19. The van der Waals surface area contributed by atoms with Crippen LogP contribution in [0.25, 0.3) is 0 Å². The molecule has 2 rings (SSSR count). The van der Waals surface area contributed by atoms with Gasteiger partial charge >= 0.3 is 0 Å². The molecule has 0 N–H and O–H groups in total. The standard InChI is InChI=1S/C16H20O3/c1-19-14-9-6-13(7-10-14)16(18)11-8-12-4-2-3-5-15(12)17/h6-7,9-10,12H,2-5,8,11H2,1H3/t12-/m1/s1. The van der Waals surface area contributed by atoms with Crippen molar-refractivity contribution in [1.82, 2.24) is 0 Å². The summed E-state index contributed by atoms with van der Waals surface area (Å²) in [5, 5.41) is 0. The van der Waals surface area contributed by atoms with E-state index in [1.54, 1.807) is 31.4 Å². The van der Waals surface area contributed by atoms with Gasteiger partial charge in [0.05, 0.1) is 7.11 Å². The second-order valence-corrected chi connectivity index (χ2v) is 5.10. The number of hydrogen-bond acceptors (Lipinski definition) is 3. The van der Waals surface area contributed by atoms with Gasteiger partial charge in [-0.25, -0.2) is 0 Å². The predicted molar refractivity (Wildman–Crippen MR) is 73.5 cm³/mol. The van der Waals surface area contributed by atoms with Crippen LogP contribution in [-0.2, 0) is 4.79 Å². The topological polar surface area (TPSA) is 43.4 Å². The molecular formula is C16H20O3. The molecule has 19 heavy (non-hydrogen) atoms. The maximum absolute atomic E-state index is 12.0. The van der Waals surface area contributed by atoms with Crippen molar-refractivity contribution in [3.05, 3.63) is 29.8 Å². The lowest BCUT2D eigenvalue weighted by molar-refractivity contribution is -0.124. The molecule has 0 heterocycles. The Hall–Kier alpha value is -1.64. The van der Waals surface area contributed by atoms with Crippen LogP contribution in [-0.4, -0.2) is 18.7 Å². The number of carbonyl (C=O) groups is 2. The fourth-order valence-electron chi connectivity index (χ4n) is 2.59. The summed E-state index contributed by atoms with van der Waals surface area (Å²) in [5.74, 6) is 1.31. The summed E-state index contributed by atoms with van der Waals surface area (Å²) in [7, 11) is 1.60. The largest absolute Gasteiger partial charge is 0.497 e. The molecule has 1 aromatic rings. The van der Waals surface area contributed by atoms with Gasteiger partial charge in [-0.2, -0.15) is 0 Å². The number of rotatable bonds is 5. The van der Waals surface area contributed by atoms with Crippen molar-refractivity contribution in [1.29, 1.82) is 0 Å². The zero-order valence-electron chi connectivity index (χ0n) is 11.4. The van der Waals surface area contributed by atoms with E-state index in [1.165, 1.54) is 0 Å². The Morgan fingerprint density at radius 2 is 2.00 bits per heavy atom. The minimum atomic E-state index is 0.107. The van der Waals surface area contributed by atoms with E-state index in [2.05, 4.69) is 0 Å². The van der Waals surface area contributed by atoms with Gasteiger partial charge in [-0.05, 0) is 43.5 Å². The van der Waals surface area contributed by atoms with Crippen LogP contribution >= 0.6 is 0 Å². The van der Waals surface area contributed by atoms with Crippen LogP contribution in [0.1, 0.15) is 48.9 Å². The molecule has 0 aliphatic heterocycles. The maximum atomic E-state index is 12.0. The molecule has 102 valence electrons. The third-order valence-corrected chi connectivity index (χ3v) is 3.81. The average Bonchev–Trinajstić information content (AvgIpc) is 2.46. The van der Waals surface area contributed by atoms with Crippen LogP contribution in [0.15, 0.2) is 24.3 Å². The summed E-state index contributed by atoms with van der Waals surface area (Å²) in [5.41, 5.74) is 0.698. The summed E-state index contributed by atoms with van der Waals surface area (Å²) in [4.78, 5) is 23.7. The molecule has 0 spiro atoms. The van der Waals surface area contributed by atoms with E-state index in [9.17, 15) is 9.59 Å². The van der Waals surface area contributed by atoms with Gasteiger partial charge in [0.15, 0.2) is 5.78 Å². The van der Waals surface area contributed by atoms with Gasteiger partial charge in [-0.15, -0.1) is 0 Å². The third-order valence-electron chi connectivity index (χ3n) is 3.81. The number of benzene rings is 1. The second kappa shape index (κ2) is 6.50. The number of ether oxygens (including phenoxy) is 1. The molecule has 0 bridgehead atoms. The summed E-state index contributed by atoms with van der Waals surface area (Å²) >= 11 is 0. The first-order chi connectivity index (χ1) is 9.20. The Kier molecular flexibility index (Phi) is 4.72. The van der Waals surface area contributed by atoms with E-state index in [0.717, 1.165) is 25.0 Å². The summed E-state index contributed by atoms with van der Waals surface area (Å²) in [6, 6.07) is 7.14. The second-order valence-electron chi connectivity index (χ2n) is 5.10. The van der Waals surface area contributed by atoms with Crippen molar-refractivity contribution in [3.8, 4) is 5.75 Å². The van der Waals surface area contributed by atoms with E-state index in [4.69, 9.17) is 4.74 Å². The number of carbonyl (C=O) groups excluding carboxylic acids is 2. The van der Waals surface area contributed by atoms with Crippen molar-refractivity contribution in [3.63, 3.8) is 0 Å². The SMILES string of the molecule is COc1ccc(C(=O)CC[C@H]2CCCCC2=O)cc1. The zero-order valence-corrected chi connectivity index (χ0v) is 11.4. The quantitative estimate of drug-likeness (QED) is 0.762. The van der Waals surface area contributed by atoms with E-state index in [1.807, 2.05) is 0 Å². The number of methoxy groups -OCH3 is 1. The molecule has 0 saturated heterocycles. The van der Waals surface area contributed by atoms with Crippen molar-refractivity contribution in [2.75, 3.05) is 7.11 Å². The minimum absolute atomic E-state index is 0.107. The molecule has 3 nitrogen and oxygen atoms in total. The third kappa shape index (κ3) is 3.66. The van der Waals surface area contributed by atoms with E-state index in [0.29, 0.717) is 30.6 Å². The monoisotopic (exact) mass is 260 g/mol. The first-order valence-electron chi connectivity index (χ1n) is 6.90. The van der Waals surface area contributed by atoms with Crippen molar-refractivity contribution in [2.45, 2.75) is 38.5 Å². The number of hydrogen-bond donors (Lipinski definition) is 0. The Balaban J connectivity index is 1.87. The van der Waals surface area contributed by atoms with Gasteiger partial charge in [0, 0.05) is 24.3 Å². The molecule has 1 atom stereocenters. The van der Waals surface area contributed by atoms with Gasteiger partial charge in [-0.3, -0.25) is 9.59 Å². The molecule has 1 aliphatic carbocycles. The average molecular weight is 260 g/mol. The van der Waals surface area contributed by atoms with E-state index >= 15 is 0 Å². The first kappa shape index (κ1) is 13.8. The Bertz CT molecular complexity index is 448. The van der Waals surface area contributed by atoms with E-state index in [-0.39, 0.29) is 11.7 Å². The zero-order chi connectivity index (χ0) is 13.7. The molecule has 1 aromatic carbocycles. The van der Waals surface area contributed by atoms with Crippen LogP contribution in [0.5, 0.6) is 5.75 Å². The van der Waals surface area contributed by atoms with Crippen LogP contribution in [0.3, 0.4) is 0 Å². The highest BCUT2D eigenvalue weighted by molar-refractivity contribution is 5.96. The normalized spacial score (nSPS) is 19.2. The van der Waals surface area contributed by atoms with Gasteiger partial charge in [-0.1, -0.05) is 6.42 Å². The van der Waals surface area contributed by atoms with Crippen LogP contribution in [0.2, 0.25) is 0 Å². The van der Waals surface area contributed by atoms with Crippen molar-refractivity contribution in [2.24, 2.45) is 5.92 Å². The van der Waals surface area contributed by atoms with E-state index < -0.39 is 0 Å². The Morgan fingerprint density at radius 1 is 1.26 bits per heavy atom. The van der Waals surface area contributed by atoms with Gasteiger partial charge in [0.25, 0.3) is 0 Å². The maximum Gasteiger partial charge on any atom is 0.162 e. The highest BCUT2D eigenvalue weighted by atomic mass is 16.5. The van der Waals surface area contributed by atoms with Crippen LogP contribution < -0.4 is 4.74 Å². The molecule has 0 aromatic heterocycles. The fourth-order valence-corrected chi connectivity index (χ4v) is 2.59. The van der Waals surface area contributed by atoms with Crippen LogP contribution in [0.4, 0.5) is 0 Å². The predicted octanol–water partition coefficient (Wildman–Crippen LogP) is 3.42. The molecule has 1 aliphatic rings. The molecule has 1 saturated carbocycles. The van der Waals surface area contributed by atoms with Crippen molar-refractivity contribution >= 4 is 11.6 Å². The minimum Gasteiger partial charge on any atom is -0.497 e. The fraction of sp³-hybridized carbons (Fsp3) is 0.500. The van der Waals surface area contributed by atoms with Gasteiger partial charge < -0.3 is 4.74 Å². The summed E-state index contributed by atoms with van der Waals surface area (Å²) < 4.78 is 5.06. The lowest BCUT2D eigenvalue weighted by Crippen LogP contribution is -2.19. The summed E-state index contributed by atoms with van der Waals surface area (Å²) in [6.07, 6.45) is 4.94. The molecule has 0 amide bonds. The summed E-state index contributed by atoms with van der Waals surface area (Å²) in [6.45, 7) is 0. The smallest absolute Gasteiger partial charge is 0.162 e. The molecule has 1 fully saturated rings. The van der Waals surface area contributed by atoms with Gasteiger partial charge in [0.2, 0.25) is 0 Å². The molecule has 0 radical (unpaired) electrons. The van der Waals surface area contributed by atoms with Crippen molar-refractivity contribution < 1.29 is 14.3 Å². The molecule has 0 unspecified atom stereocenters. The lowest BCUT2D eigenvalue weighted by atomic mass is 9.84. The highest BCUT2D eigenvalue weighted by Gasteiger charge is 2.22. The highest BCUT2D eigenvalue weighted by Crippen LogP contribution is 2.25.